The summed E-state index contributed by atoms with van der Waals surface area (Å²) in [4.78, 5) is 11.6. The number of hydrogen-bond donors (Lipinski definition) is 2. The number of phenolic OH excluding ortho intramolecular Hbond substituents is 2. The van der Waals surface area contributed by atoms with Crippen LogP contribution in [0.25, 0.3) is 0 Å². The van der Waals surface area contributed by atoms with Gasteiger partial charge in [-0.25, -0.2) is 4.79 Å². The molecule has 5 heteroatoms. The quantitative estimate of drug-likeness (QED) is 0.607. The fourth-order valence-electron chi connectivity index (χ4n) is 1.21. The number of phenols is 2. The average Bonchev–Trinajstić information content (AvgIpc) is 2.13. The van der Waals surface area contributed by atoms with Crippen molar-refractivity contribution in [3.63, 3.8) is 0 Å². The number of rotatable bonds is 4. The summed E-state index contributed by atoms with van der Waals surface area (Å²) in [5, 5.41) is 18.5. The van der Waals surface area contributed by atoms with Gasteiger partial charge in [0.2, 0.25) is 0 Å². The minimum atomic E-state index is -0.551. The predicted octanol–water partition coefficient (Wildman–Crippen LogP) is 0.961. The van der Waals surface area contributed by atoms with Crippen LogP contribution in [0.1, 0.15) is 10.4 Å². The molecule has 17 heavy (non-hydrogen) atoms. The Labute approximate surface area is 100 Å². The van der Waals surface area contributed by atoms with E-state index in [4.69, 9.17) is 4.74 Å². The Morgan fingerprint density at radius 2 is 1.71 bits per heavy atom. The van der Waals surface area contributed by atoms with E-state index in [1.165, 1.54) is 12.1 Å². The molecule has 0 heterocycles. The zero-order chi connectivity index (χ0) is 13.1. The van der Waals surface area contributed by atoms with Crippen molar-refractivity contribution in [1.82, 2.24) is 0 Å². The zero-order valence-corrected chi connectivity index (χ0v) is 10.3. The number of benzene rings is 1. The molecule has 0 aliphatic heterocycles. The Kier molecular flexibility index (Phi) is 3.96. The van der Waals surface area contributed by atoms with Gasteiger partial charge in [0.1, 0.15) is 24.7 Å². The second-order valence-corrected chi connectivity index (χ2v) is 4.89. The molecule has 0 aliphatic rings. The second kappa shape index (κ2) is 5.05. The van der Waals surface area contributed by atoms with Crippen LogP contribution < -0.4 is 0 Å². The largest absolute Gasteiger partial charge is 0.508 e. The molecule has 0 unspecified atom stereocenters. The topological polar surface area (TPSA) is 66.8 Å². The van der Waals surface area contributed by atoms with E-state index in [0.717, 1.165) is 6.07 Å². The lowest BCUT2D eigenvalue weighted by molar-refractivity contribution is -0.870. The van der Waals surface area contributed by atoms with Gasteiger partial charge in [0.25, 0.3) is 0 Å². The molecule has 5 nitrogen and oxygen atoms in total. The Balaban J connectivity index is 2.58. The van der Waals surface area contributed by atoms with E-state index in [0.29, 0.717) is 17.6 Å². The third kappa shape index (κ3) is 4.74. The van der Waals surface area contributed by atoms with Crippen LogP contribution in [0.2, 0.25) is 0 Å². The molecule has 1 aromatic carbocycles. The van der Waals surface area contributed by atoms with Crippen molar-refractivity contribution >= 4 is 5.97 Å². The number of carbonyl (C=O) groups is 1. The van der Waals surface area contributed by atoms with E-state index in [9.17, 15) is 15.0 Å². The molecule has 0 spiro atoms. The minimum absolute atomic E-state index is 0.143. The number of ether oxygens (including phenoxy) is 1. The van der Waals surface area contributed by atoms with Crippen molar-refractivity contribution in [2.75, 3.05) is 34.3 Å². The summed E-state index contributed by atoms with van der Waals surface area (Å²) in [6, 6.07) is 3.67. The molecule has 0 amide bonds. The summed E-state index contributed by atoms with van der Waals surface area (Å²) in [6.45, 7) is 0.981. The van der Waals surface area contributed by atoms with Crippen molar-refractivity contribution in [2.45, 2.75) is 0 Å². The van der Waals surface area contributed by atoms with Crippen LogP contribution in [-0.2, 0) is 4.74 Å². The van der Waals surface area contributed by atoms with Gasteiger partial charge in [0.15, 0.2) is 0 Å². The van der Waals surface area contributed by atoms with Gasteiger partial charge in [-0.2, -0.15) is 0 Å². The maximum Gasteiger partial charge on any atom is 0.338 e. The number of esters is 1. The Morgan fingerprint density at radius 1 is 1.18 bits per heavy atom. The van der Waals surface area contributed by atoms with E-state index < -0.39 is 5.97 Å². The number of aromatic hydroxyl groups is 2. The molecule has 0 radical (unpaired) electrons. The molecule has 1 aromatic rings. The van der Waals surface area contributed by atoms with Crippen LogP contribution in [0.5, 0.6) is 11.5 Å². The molecule has 2 N–H and O–H groups in total. The van der Waals surface area contributed by atoms with E-state index in [-0.39, 0.29) is 17.1 Å². The second-order valence-electron chi connectivity index (χ2n) is 4.89. The fourth-order valence-corrected chi connectivity index (χ4v) is 1.21. The molecule has 0 atom stereocenters. The van der Waals surface area contributed by atoms with Gasteiger partial charge in [-0.05, 0) is 12.1 Å². The first-order valence-corrected chi connectivity index (χ1v) is 5.28. The summed E-state index contributed by atoms with van der Waals surface area (Å²) < 4.78 is 5.73. The van der Waals surface area contributed by atoms with Crippen LogP contribution in [-0.4, -0.2) is 55.0 Å². The van der Waals surface area contributed by atoms with Crippen molar-refractivity contribution in [3.05, 3.63) is 23.8 Å². The smallest absolute Gasteiger partial charge is 0.338 e. The van der Waals surface area contributed by atoms with Crippen molar-refractivity contribution in [3.8, 4) is 11.5 Å². The van der Waals surface area contributed by atoms with Gasteiger partial charge in [-0.15, -0.1) is 0 Å². The summed E-state index contributed by atoms with van der Waals surface area (Å²) in [6.07, 6.45) is 0. The maximum atomic E-state index is 11.6. The summed E-state index contributed by atoms with van der Waals surface area (Å²) in [5.74, 6) is -0.878. The molecule has 0 saturated carbocycles. The first-order valence-electron chi connectivity index (χ1n) is 5.28. The van der Waals surface area contributed by atoms with Crippen LogP contribution in [0.4, 0.5) is 0 Å². The third-order valence-electron chi connectivity index (χ3n) is 2.13. The van der Waals surface area contributed by atoms with Crippen molar-refractivity contribution in [1.29, 1.82) is 0 Å². The minimum Gasteiger partial charge on any atom is -0.508 e. The molecule has 0 aliphatic carbocycles. The SMILES string of the molecule is C[N+](C)(C)CCOC(=O)c1cc(O)cc(O)c1. The van der Waals surface area contributed by atoms with Gasteiger partial charge in [0.05, 0.1) is 26.7 Å². The molecule has 0 fully saturated rings. The van der Waals surface area contributed by atoms with E-state index in [1.807, 2.05) is 21.1 Å². The van der Waals surface area contributed by atoms with Crippen LogP contribution in [0.15, 0.2) is 18.2 Å². The maximum absolute atomic E-state index is 11.6. The van der Waals surface area contributed by atoms with Gasteiger partial charge in [0, 0.05) is 6.07 Å². The highest BCUT2D eigenvalue weighted by molar-refractivity contribution is 5.90. The highest BCUT2D eigenvalue weighted by Gasteiger charge is 2.12. The van der Waals surface area contributed by atoms with Crippen LogP contribution in [0.3, 0.4) is 0 Å². The first kappa shape index (κ1) is 13.3. The average molecular weight is 240 g/mol. The molecular weight excluding hydrogens is 222 g/mol. The van der Waals surface area contributed by atoms with Crippen molar-refractivity contribution < 1.29 is 24.2 Å². The molecular formula is C12H18NO4+. The van der Waals surface area contributed by atoms with Gasteiger partial charge in [-0.1, -0.05) is 0 Å². The lowest BCUT2D eigenvalue weighted by atomic mass is 10.2. The normalized spacial score (nSPS) is 11.2. The number of carbonyl (C=O) groups excluding carboxylic acids is 1. The monoisotopic (exact) mass is 240 g/mol. The number of nitrogens with zero attached hydrogens (tertiary/aromatic N) is 1. The van der Waals surface area contributed by atoms with Crippen LogP contribution >= 0.6 is 0 Å². The fraction of sp³-hybridized carbons (Fsp3) is 0.417. The summed E-state index contributed by atoms with van der Waals surface area (Å²) in [5.41, 5.74) is 0.143. The molecule has 0 saturated heterocycles. The number of likely N-dealkylation sites (N-methyl/N-ethyl adjacent to an activating group) is 1. The summed E-state index contributed by atoms with van der Waals surface area (Å²) in [7, 11) is 5.98. The first-order chi connectivity index (χ1) is 7.78. The Morgan fingerprint density at radius 3 is 2.18 bits per heavy atom. The molecule has 0 bridgehead atoms. The van der Waals surface area contributed by atoms with Crippen molar-refractivity contribution in [2.24, 2.45) is 0 Å². The molecule has 0 aromatic heterocycles. The number of hydrogen-bond acceptors (Lipinski definition) is 4. The lowest BCUT2D eigenvalue weighted by Crippen LogP contribution is -2.38. The van der Waals surface area contributed by atoms with E-state index in [2.05, 4.69) is 0 Å². The van der Waals surface area contributed by atoms with Gasteiger partial charge in [-0.3, -0.25) is 0 Å². The van der Waals surface area contributed by atoms with Crippen LogP contribution in [0, 0.1) is 0 Å². The van der Waals surface area contributed by atoms with E-state index >= 15 is 0 Å². The zero-order valence-electron chi connectivity index (χ0n) is 10.3. The van der Waals surface area contributed by atoms with Gasteiger partial charge >= 0.3 is 5.97 Å². The molecule has 94 valence electrons. The molecule has 1 rings (SSSR count). The summed E-state index contributed by atoms with van der Waals surface area (Å²) >= 11 is 0. The Bertz CT molecular complexity index is 389. The van der Waals surface area contributed by atoms with Gasteiger partial charge < -0.3 is 19.4 Å². The Hall–Kier alpha value is -1.75. The standard InChI is InChI=1S/C12H17NO4/c1-13(2,3)4-5-17-12(16)9-6-10(14)8-11(15)7-9/h6-8H,4-5H2,1-3H3,(H-,14,15)/p+1. The highest BCUT2D eigenvalue weighted by atomic mass is 16.5. The van der Waals surface area contributed by atoms with E-state index in [1.54, 1.807) is 0 Å². The third-order valence-corrected chi connectivity index (χ3v) is 2.13. The number of quaternary nitrogens is 1. The highest BCUT2D eigenvalue weighted by Crippen LogP contribution is 2.20. The lowest BCUT2D eigenvalue weighted by Gasteiger charge is -2.23. The predicted molar refractivity (Wildman–Crippen MR) is 63.0 cm³/mol.